The summed E-state index contributed by atoms with van der Waals surface area (Å²) in [7, 11) is -3.79. The van der Waals surface area contributed by atoms with Crippen LogP contribution >= 0.6 is 0 Å². The summed E-state index contributed by atoms with van der Waals surface area (Å²) in [5.74, 6) is -0.648. The molecule has 27 heavy (non-hydrogen) atoms. The SMILES string of the molecule is CC(C)(C)NS(=O)(=O)c1cccc(NC(=O)Cn2ccc(C(F)(F)F)n2)c1. The summed E-state index contributed by atoms with van der Waals surface area (Å²) in [5.41, 5.74) is -1.59. The Hall–Kier alpha value is -2.40. The number of nitrogens with zero attached hydrogens (tertiary/aromatic N) is 2. The lowest BCUT2D eigenvalue weighted by Crippen LogP contribution is -2.40. The lowest BCUT2D eigenvalue weighted by atomic mass is 10.1. The average Bonchev–Trinajstić information content (AvgIpc) is 2.93. The number of amides is 1. The predicted molar refractivity (Wildman–Crippen MR) is 92.4 cm³/mol. The van der Waals surface area contributed by atoms with Crippen molar-refractivity contribution in [3.63, 3.8) is 0 Å². The molecule has 1 aromatic heterocycles. The molecule has 11 heteroatoms. The summed E-state index contributed by atoms with van der Waals surface area (Å²) in [6, 6.07) is 6.31. The maximum absolute atomic E-state index is 12.5. The number of carbonyl (C=O) groups is 1. The van der Waals surface area contributed by atoms with Gasteiger partial charge in [0, 0.05) is 17.4 Å². The fourth-order valence-electron chi connectivity index (χ4n) is 2.15. The van der Waals surface area contributed by atoms with Crippen molar-refractivity contribution in [1.82, 2.24) is 14.5 Å². The van der Waals surface area contributed by atoms with E-state index < -0.39 is 39.9 Å². The van der Waals surface area contributed by atoms with Gasteiger partial charge in [-0.15, -0.1) is 0 Å². The van der Waals surface area contributed by atoms with E-state index >= 15 is 0 Å². The van der Waals surface area contributed by atoms with Crippen molar-refractivity contribution in [3.8, 4) is 0 Å². The number of rotatable bonds is 5. The number of aromatic nitrogens is 2. The monoisotopic (exact) mass is 404 g/mol. The van der Waals surface area contributed by atoms with Gasteiger partial charge in [0.1, 0.15) is 6.54 Å². The van der Waals surface area contributed by atoms with Gasteiger partial charge in [-0.05, 0) is 45.0 Å². The fraction of sp³-hybridized carbons (Fsp3) is 0.375. The van der Waals surface area contributed by atoms with Gasteiger partial charge >= 0.3 is 6.18 Å². The van der Waals surface area contributed by atoms with E-state index in [2.05, 4.69) is 15.1 Å². The van der Waals surface area contributed by atoms with E-state index in [1.807, 2.05) is 0 Å². The van der Waals surface area contributed by atoms with E-state index in [1.165, 1.54) is 24.3 Å². The zero-order valence-electron chi connectivity index (χ0n) is 14.8. The molecule has 2 aromatic rings. The molecule has 7 nitrogen and oxygen atoms in total. The highest BCUT2D eigenvalue weighted by Crippen LogP contribution is 2.27. The van der Waals surface area contributed by atoms with Crippen molar-refractivity contribution in [2.45, 2.75) is 43.9 Å². The molecular formula is C16H19F3N4O3S. The number of hydrogen-bond acceptors (Lipinski definition) is 4. The Morgan fingerprint density at radius 2 is 1.85 bits per heavy atom. The van der Waals surface area contributed by atoms with Gasteiger partial charge in [0.2, 0.25) is 15.9 Å². The zero-order valence-corrected chi connectivity index (χ0v) is 15.6. The molecule has 2 N–H and O–H groups in total. The number of halogens is 3. The molecule has 1 aromatic carbocycles. The summed E-state index contributed by atoms with van der Waals surface area (Å²) < 4.78 is 65.6. The number of carbonyl (C=O) groups excluding carboxylic acids is 1. The second-order valence-corrected chi connectivity index (χ2v) is 8.51. The number of anilines is 1. The van der Waals surface area contributed by atoms with Gasteiger partial charge < -0.3 is 5.32 Å². The third kappa shape index (κ3) is 6.07. The predicted octanol–water partition coefficient (Wildman–Crippen LogP) is 2.62. The lowest BCUT2D eigenvalue weighted by molar-refractivity contribution is -0.141. The van der Waals surface area contributed by atoms with Gasteiger partial charge in [0.05, 0.1) is 4.90 Å². The Morgan fingerprint density at radius 1 is 1.19 bits per heavy atom. The molecule has 0 saturated heterocycles. The highest BCUT2D eigenvalue weighted by molar-refractivity contribution is 7.89. The van der Waals surface area contributed by atoms with Crippen LogP contribution in [0.4, 0.5) is 18.9 Å². The Kier molecular flexibility index (Phi) is 5.66. The molecule has 0 fully saturated rings. The molecule has 2 rings (SSSR count). The highest BCUT2D eigenvalue weighted by atomic mass is 32.2. The van der Waals surface area contributed by atoms with Crippen molar-refractivity contribution >= 4 is 21.6 Å². The van der Waals surface area contributed by atoms with Crippen LogP contribution in [0.2, 0.25) is 0 Å². The minimum atomic E-state index is -4.59. The molecule has 0 unspecified atom stereocenters. The summed E-state index contributed by atoms with van der Waals surface area (Å²) >= 11 is 0. The Balaban J connectivity index is 2.10. The van der Waals surface area contributed by atoms with E-state index in [0.29, 0.717) is 0 Å². The van der Waals surface area contributed by atoms with Crippen LogP contribution in [0.1, 0.15) is 26.5 Å². The van der Waals surface area contributed by atoms with Crippen molar-refractivity contribution < 1.29 is 26.4 Å². The maximum Gasteiger partial charge on any atom is 0.435 e. The van der Waals surface area contributed by atoms with Gasteiger partial charge in [0.25, 0.3) is 0 Å². The zero-order chi connectivity index (χ0) is 20.5. The van der Waals surface area contributed by atoms with Crippen molar-refractivity contribution in [1.29, 1.82) is 0 Å². The van der Waals surface area contributed by atoms with Crippen molar-refractivity contribution in [2.75, 3.05) is 5.32 Å². The Bertz CT molecular complexity index is 931. The summed E-state index contributed by atoms with van der Waals surface area (Å²) in [5, 5.41) is 5.73. The first-order chi connectivity index (χ1) is 12.3. The number of alkyl halides is 3. The number of nitrogens with one attached hydrogen (secondary N) is 2. The highest BCUT2D eigenvalue weighted by Gasteiger charge is 2.33. The van der Waals surface area contributed by atoms with Crippen LogP contribution in [-0.4, -0.2) is 29.6 Å². The third-order valence-corrected chi connectivity index (χ3v) is 4.86. The summed E-state index contributed by atoms with van der Waals surface area (Å²) in [6.45, 7) is 4.62. The van der Waals surface area contributed by atoms with Crippen molar-refractivity contribution in [3.05, 3.63) is 42.2 Å². The van der Waals surface area contributed by atoms with Crippen LogP contribution in [0.25, 0.3) is 0 Å². The van der Waals surface area contributed by atoms with Crippen LogP contribution < -0.4 is 10.0 Å². The van der Waals surface area contributed by atoms with Crippen molar-refractivity contribution in [2.24, 2.45) is 0 Å². The molecule has 0 aliphatic carbocycles. The quantitative estimate of drug-likeness (QED) is 0.801. The standard InChI is InChI=1S/C16H19F3N4O3S/c1-15(2,3)22-27(25,26)12-6-4-5-11(9-12)20-14(24)10-23-8-7-13(21-23)16(17,18)19/h4-9,22H,10H2,1-3H3,(H,20,24). The first kappa shape index (κ1) is 20.9. The summed E-state index contributed by atoms with van der Waals surface area (Å²) in [6.07, 6.45) is -3.55. The molecule has 0 atom stereocenters. The van der Waals surface area contributed by atoms with Gasteiger partial charge in [-0.1, -0.05) is 6.07 Å². The maximum atomic E-state index is 12.5. The van der Waals surface area contributed by atoms with Crippen LogP contribution in [0.5, 0.6) is 0 Å². The molecule has 0 radical (unpaired) electrons. The Labute approximate surface area is 154 Å². The molecule has 0 aliphatic rings. The largest absolute Gasteiger partial charge is 0.435 e. The van der Waals surface area contributed by atoms with Crippen LogP contribution in [0, 0.1) is 0 Å². The molecule has 148 valence electrons. The van der Waals surface area contributed by atoms with E-state index in [0.717, 1.165) is 16.9 Å². The lowest BCUT2D eigenvalue weighted by Gasteiger charge is -2.20. The number of benzene rings is 1. The number of sulfonamides is 1. The average molecular weight is 404 g/mol. The second kappa shape index (κ2) is 7.31. The third-order valence-electron chi connectivity index (χ3n) is 3.11. The molecule has 0 bridgehead atoms. The second-order valence-electron chi connectivity index (χ2n) is 6.83. The smallest absolute Gasteiger partial charge is 0.324 e. The first-order valence-electron chi connectivity index (χ1n) is 7.81. The van der Waals surface area contributed by atoms with Gasteiger partial charge in [-0.25, -0.2) is 13.1 Å². The molecule has 0 aliphatic heterocycles. The fourth-order valence-corrected chi connectivity index (χ4v) is 3.62. The minimum absolute atomic E-state index is 0.0475. The molecule has 0 spiro atoms. The molecule has 0 saturated carbocycles. The minimum Gasteiger partial charge on any atom is -0.324 e. The molecular weight excluding hydrogens is 385 g/mol. The number of hydrogen-bond donors (Lipinski definition) is 2. The first-order valence-corrected chi connectivity index (χ1v) is 9.29. The van der Waals surface area contributed by atoms with Crippen LogP contribution in [-0.2, 0) is 27.5 Å². The molecule has 1 heterocycles. The van der Waals surface area contributed by atoms with Gasteiger partial charge in [-0.2, -0.15) is 18.3 Å². The van der Waals surface area contributed by atoms with E-state index in [1.54, 1.807) is 20.8 Å². The Morgan fingerprint density at radius 3 is 2.41 bits per heavy atom. The van der Waals surface area contributed by atoms with Gasteiger partial charge in [-0.3, -0.25) is 9.48 Å². The van der Waals surface area contributed by atoms with Crippen LogP contribution in [0.3, 0.4) is 0 Å². The molecule has 1 amide bonds. The van der Waals surface area contributed by atoms with Gasteiger partial charge in [0.15, 0.2) is 5.69 Å². The topological polar surface area (TPSA) is 93.1 Å². The normalized spacial score (nSPS) is 12.8. The summed E-state index contributed by atoms with van der Waals surface area (Å²) in [4.78, 5) is 12.0. The van der Waals surface area contributed by atoms with E-state index in [9.17, 15) is 26.4 Å². The van der Waals surface area contributed by atoms with E-state index in [-0.39, 0.29) is 10.6 Å². The van der Waals surface area contributed by atoms with E-state index in [4.69, 9.17) is 0 Å². The van der Waals surface area contributed by atoms with Crippen LogP contribution in [0.15, 0.2) is 41.4 Å².